The molecule has 0 amide bonds. The molecule has 0 aliphatic carbocycles. The second-order valence-electron chi connectivity index (χ2n) is 13.8. The number of rotatable bonds is 10. The van der Waals surface area contributed by atoms with Gasteiger partial charge in [-0.25, -0.2) is 26.3 Å². The van der Waals surface area contributed by atoms with Crippen LogP contribution in [0.2, 0.25) is 0 Å². The van der Waals surface area contributed by atoms with E-state index in [9.17, 15) is 0 Å². The second-order valence-corrected chi connectivity index (χ2v) is 15.5. The maximum absolute atomic E-state index is 17.5. The van der Waals surface area contributed by atoms with Gasteiger partial charge in [0.25, 0.3) is 0 Å². The lowest BCUT2D eigenvalue weighted by Crippen LogP contribution is -2.48. The maximum atomic E-state index is 17.5. The zero-order valence-corrected chi connectivity index (χ0v) is 31.4. The molecule has 0 saturated carbocycles. The van der Waals surface area contributed by atoms with Crippen molar-refractivity contribution in [3.05, 3.63) is 262 Å². The van der Waals surface area contributed by atoms with E-state index in [1.54, 1.807) is 60.7 Å². The largest absolute Gasteiger partial charge is 0.256 e. The van der Waals surface area contributed by atoms with Crippen LogP contribution in [0, 0.1) is 34.9 Å². The van der Waals surface area contributed by atoms with E-state index in [0.29, 0.717) is 22.3 Å². The third kappa shape index (κ3) is 6.73. The standard InChI is InChI=1S/C50H32F6OS/c51-39-19-11-35(12-20-39)49(36-13-21-40(52)22-14-36,47-29-27-43(55)31-45(47)33-7-3-1-4-8-33)58(57)50(37-15-23-41(53)24-16-37,38-17-25-42(54)26-18-38)48-30-28-44(56)32-46(48)34-9-5-2-6-10-34/h1-32H. The molecule has 0 aromatic heterocycles. The van der Waals surface area contributed by atoms with Crippen LogP contribution in [0.25, 0.3) is 22.3 Å². The maximum Gasteiger partial charge on any atom is 0.123 e. The van der Waals surface area contributed by atoms with Crippen LogP contribution < -0.4 is 0 Å². The van der Waals surface area contributed by atoms with Crippen molar-refractivity contribution in [1.82, 2.24) is 0 Å². The molecule has 0 aliphatic rings. The highest BCUT2D eigenvalue weighted by Gasteiger charge is 2.56. The van der Waals surface area contributed by atoms with E-state index in [4.69, 9.17) is 0 Å². The summed E-state index contributed by atoms with van der Waals surface area (Å²) in [6.07, 6.45) is 0. The topological polar surface area (TPSA) is 17.1 Å². The van der Waals surface area contributed by atoms with Crippen LogP contribution in [0.15, 0.2) is 194 Å². The van der Waals surface area contributed by atoms with Crippen LogP contribution >= 0.6 is 0 Å². The van der Waals surface area contributed by atoms with Gasteiger partial charge in [-0.3, -0.25) is 4.21 Å². The van der Waals surface area contributed by atoms with Crippen molar-refractivity contribution in [3.8, 4) is 22.3 Å². The van der Waals surface area contributed by atoms with E-state index >= 15 is 30.6 Å². The Morgan fingerprint density at radius 1 is 0.310 bits per heavy atom. The minimum atomic E-state index is -2.56. The van der Waals surface area contributed by atoms with E-state index in [1.807, 2.05) is 0 Å². The van der Waals surface area contributed by atoms with Crippen LogP contribution in [0.5, 0.6) is 0 Å². The average Bonchev–Trinajstić information content (AvgIpc) is 3.25. The lowest BCUT2D eigenvalue weighted by Gasteiger charge is -2.46. The Kier molecular flexibility index (Phi) is 10.4. The molecule has 8 heteroatoms. The van der Waals surface area contributed by atoms with E-state index in [0.717, 1.165) is 0 Å². The number of hydrogen-bond donors (Lipinski definition) is 0. The van der Waals surface area contributed by atoms with Crippen molar-refractivity contribution in [2.45, 2.75) is 9.49 Å². The average molecular weight is 795 g/mol. The van der Waals surface area contributed by atoms with Crippen molar-refractivity contribution in [2.24, 2.45) is 0 Å². The summed E-state index contributed by atoms with van der Waals surface area (Å²) in [5.74, 6) is -3.60. The summed E-state index contributed by atoms with van der Waals surface area (Å²) in [4.78, 5) is 0. The quantitative estimate of drug-likeness (QED) is 0.0995. The van der Waals surface area contributed by atoms with Gasteiger partial charge in [-0.05, 0) is 128 Å². The number of halogens is 6. The van der Waals surface area contributed by atoms with Gasteiger partial charge in [0.2, 0.25) is 0 Å². The van der Waals surface area contributed by atoms with E-state index in [-0.39, 0.29) is 33.4 Å². The lowest BCUT2D eigenvalue weighted by molar-refractivity contribution is 0.613. The van der Waals surface area contributed by atoms with Gasteiger partial charge in [0, 0.05) is 0 Å². The minimum Gasteiger partial charge on any atom is -0.256 e. The summed E-state index contributed by atoms with van der Waals surface area (Å²) in [6.45, 7) is 0. The van der Waals surface area contributed by atoms with Gasteiger partial charge < -0.3 is 0 Å². The van der Waals surface area contributed by atoms with Gasteiger partial charge in [0.05, 0.1) is 10.8 Å². The first-order valence-corrected chi connectivity index (χ1v) is 19.4. The third-order valence-electron chi connectivity index (χ3n) is 10.5. The van der Waals surface area contributed by atoms with Crippen molar-refractivity contribution < 1.29 is 30.6 Å². The molecule has 8 rings (SSSR count). The van der Waals surface area contributed by atoms with Crippen LogP contribution in [0.4, 0.5) is 26.3 Å². The summed E-state index contributed by atoms with van der Waals surface area (Å²) in [5.41, 5.74) is 3.35. The molecule has 0 bridgehead atoms. The Hall–Kier alpha value is -6.51. The molecule has 0 fully saturated rings. The van der Waals surface area contributed by atoms with Crippen LogP contribution in [0.1, 0.15) is 33.4 Å². The van der Waals surface area contributed by atoms with Crippen molar-refractivity contribution in [3.63, 3.8) is 0 Å². The first-order valence-electron chi connectivity index (χ1n) is 18.3. The van der Waals surface area contributed by atoms with E-state index < -0.39 is 55.2 Å². The monoisotopic (exact) mass is 794 g/mol. The summed E-state index contributed by atoms with van der Waals surface area (Å²) >= 11 is 0. The van der Waals surface area contributed by atoms with Gasteiger partial charge in [-0.1, -0.05) is 121 Å². The Morgan fingerprint density at radius 3 is 0.845 bits per heavy atom. The second kappa shape index (κ2) is 15.8. The predicted molar refractivity (Wildman–Crippen MR) is 217 cm³/mol. The fourth-order valence-corrected chi connectivity index (χ4v) is 10.5. The van der Waals surface area contributed by atoms with Crippen molar-refractivity contribution in [1.29, 1.82) is 0 Å². The Morgan fingerprint density at radius 2 is 0.569 bits per heavy atom. The molecule has 0 N–H and O–H groups in total. The van der Waals surface area contributed by atoms with Crippen molar-refractivity contribution >= 4 is 10.8 Å². The molecule has 0 heterocycles. The molecule has 0 radical (unpaired) electrons. The highest BCUT2D eigenvalue weighted by molar-refractivity contribution is 7.88. The van der Waals surface area contributed by atoms with Crippen LogP contribution in [0.3, 0.4) is 0 Å². The van der Waals surface area contributed by atoms with Crippen LogP contribution in [-0.2, 0) is 20.3 Å². The minimum absolute atomic E-state index is 0.264. The van der Waals surface area contributed by atoms with Gasteiger partial charge in [0.1, 0.15) is 44.4 Å². The zero-order chi connectivity index (χ0) is 40.4. The molecule has 0 atom stereocenters. The normalized spacial score (nSPS) is 11.8. The summed E-state index contributed by atoms with van der Waals surface area (Å²) < 4.78 is 105. The van der Waals surface area contributed by atoms with Crippen LogP contribution in [-0.4, -0.2) is 4.21 Å². The summed E-state index contributed by atoms with van der Waals surface area (Å²) in [5, 5.41) is 0. The van der Waals surface area contributed by atoms with Gasteiger partial charge in [0.15, 0.2) is 0 Å². The molecule has 286 valence electrons. The molecular formula is C50H32F6OS. The SMILES string of the molecule is O=S(C(c1ccc(F)cc1)(c1ccc(F)cc1)c1ccc(F)cc1-c1ccccc1)C(c1ccc(F)cc1)(c1ccc(F)cc1)c1ccc(F)cc1-c1ccccc1. The lowest BCUT2D eigenvalue weighted by atomic mass is 9.79. The number of hydrogen-bond acceptors (Lipinski definition) is 1. The third-order valence-corrected chi connectivity index (χ3v) is 12.9. The summed E-state index contributed by atoms with van der Waals surface area (Å²) in [6, 6.07) is 47.3. The highest BCUT2D eigenvalue weighted by Crippen LogP contribution is 2.57. The fraction of sp³-hybridized carbons (Fsp3) is 0.0400. The fourth-order valence-electron chi connectivity index (χ4n) is 7.91. The van der Waals surface area contributed by atoms with E-state index in [2.05, 4.69) is 0 Å². The molecular weight excluding hydrogens is 763 g/mol. The first kappa shape index (κ1) is 38.4. The molecule has 58 heavy (non-hydrogen) atoms. The molecule has 8 aromatic rings. The molecule has 8 aromatic carbocycles. The Bertz CT molecular complexity index is 2440. The summed E-state index contributed by atoms with van der Waals surface area (Å²) in [7, 11) is -2.56. The Balaban J connectivity index is 1.64. The molecule has 0 spiro atoms. The molecule has 1 nitrogen and oxygen atoms in total. The Labute approximate surface area is 334 Å². The van der Waals surface area contributed by atoms with Crippen molar-refractivity contribution in [2.75, 3.05) is 0 Å². The smallest absolute Gasteiger partial charge is 0.123 e. The van der Waals surface area contributed by atoms with E-state index in [1.165, 1.54) is 133 Å². The highest BCUT2D eigenvalue weighted by atomic mass is 32.2. The molecule has 0 saturated heterocycles. The number of benzene rings is 8. The predicted octanol–water partition coefficient (Wildman–Crippen LogP) is 12.9. The van der Waals surface area contributed by atoms with Gasteiger partial charge >= 0.3 is 0 Å². The van der Waals surface area contributed by atoms with Gasteiger partial charge in [-0.2, -0.15) is 0 Å². The first-order chi connectivity index (χ1) is 28.1. The molecule has 0 unspecified atom stereocenters. The zero-order valence-electron chi connectivity index (χ0n) is 30.6. The van der Waals surface area contributed by atoms with Gasteiger partial charge in [-0.15, -0.1) is 0 Å². The molecule has 0 aliphatic heterocycles.